The molecule has 1 aromatic carbocycles. The lowest BCUT2D eigenvalue weighted by Gasteiger charge is -2.28. The molecule has 0 saturated heterocycles. The highest BCUT2D eigenvalue weighted by molar-refractivity contribution is 5.92. The molecule has 1 aliphatic rings. The van der Waals surface area contributed by atoms with Crippen molar-refractivity contribution in [1.82, 2.24) is 15.2 Å². The number of benzene rings is 1. The largest absolute Gasteiger partial charge is 0.465 e. The number of methoxy groups -OCH3 is 1. The van der Waals surface area contributed by atoms with Gasteiger partial charge in [-0.1, -0.05) is 33.3 Å². The summed E-state index contributed by atoms with van der Waals surface area (Å²) in [6.07, 6.45) is 4.45. The molecular weight excluding hydrogens is 302 g/mol. The molecule has 24 heavy (non-hydrogen) atoms. The van der Waals surface area contributed by atoms with E-state index in [1.54, 1.807) is 0 Å². The standard InChI is InChI=1S/C17H21N3O2.C2H6/c1-4-15-18-16(20-19-15)14-9-12(17(21)22-3)10(2)8-13(14)11-6-5-7-11;1-2/h8-9,11H,4-7H2,1-3H3,(H,18,19,20);1-2H3. The van der Waals surface area contributed by atoms with Gasteiger partial charge in [0.05, 0.1) is 12.7 Å². The fourth-order valence-corrected chi connectivity index (χ4v) is 2.88. The van der Waals surface area contributed by atoms with E-state index in [0.29, 0.717) is 17.3 Å². The quantitative estimate of drug-likeness (QED) is 0.843. The van der Waals surface area contributed by atoms with E-state index in [1.165, 1.54) is 31.9 Å². The van der Waals surface area contributed by atoms with Gasteiger partial charge >= 0.3 is 5.97 Å². The van der Waals surface area contributed by atoms with Crippen LogP contribution in [0.15, 0.2) is 12.1 Å². The van der Waals surface area contributed by atoms with E-state index in [1.807, 2.05) is 33.8 Å². The zero-order valence-corrected chi connectivity index (χ0v) is 15.3. The van der Waals surface area contributed by atoms with Crippen LogP contribution in [0.2, 0.25) is 0 Å². The third kappa shape index (κ3) is 3.50. The lowest BCUT2D eigenvalue weighted by molar-refractivity contribution is 0.0600. The van der Waals surface area contributed by atoms with Crippen molar-refractivity contribution in [3.05, 3.63) is 34.6 Å². The van der Waals surface area contributed by atoms with Crippen molar-refractivity contribution < 1.29 is 9.53 Å². The Morgan fingerprint density at radius 2 is 2.04 bits per heavy atom. The number of carbonyl (C=O) groups is 1. The maximum Gasteiger partial charge on any atom is 0.338 e. The number of H-pyrrole nitrogens is 1. The number of nitrogens with one attached hydrogen (secondary N) is 1. The van der Waals surface area contributed by atoms with Gasteiger partial charge in [0.2, 0.25) is 0 Å². The number of esters is 1. The Hall–Kier alpha value is -2.17. The van der Waals surface area contributed by atoms with Gasteiger partial charge in [-0.2, -0.15) is 5.10 Å². The van der Waals surface area contributed by atoms with Crippen LogP contribution in [-0.2, 0) is 11.2 Å². The molecule has 2 aromatic rings. The summed E-state index contributed by atoms with van der Waals surface area (Å²) in [4.78, 5) is 16.5. The molecule has 0 atom stereocenters. The van der Waals surface area contributed by atoms with Crippen molar-refractivity contribution in [3.8, 4) is 11.4 Å². The van der Waals surface area contributed by atoms with Crippen molar-refractivity contribution in [1.29, 1.82) is 0 Å². The third-order valence-corrected chi connectivity index (χ3v) is 4.45. The third-order valence-electron chi connectivity index (χ3n) is 4.45. The SMILES string of the molecule is CC.CCc1nc(-c2cc(C(=O)OC)c(C)cc2C2CCC2)n[nH]1. The van der Waals surface area contributed by atoms with E-state index in [0.717, 1.165) is 23.4 Å². The van der Waals surface area contributed by atoms with Gasteiger partial charge in [-0.15, -0.1) is 0 Å². The molecule has 1 aliphatic carbocycles. The maximum atomic E-state index is 12.0. The summed E-state index contributed by atoms with van der Waals surface area (Å²) in [6, 6.07) is 3.99. The Kier molecular flexibility index (Phi) is 6.12. The highest BCUT2D eigenvalue weighted by Crippen LogP contribution is 2.41. The van der Waals surface area contributed by atoms with Crippen LogP contribution in [-0.4, -0.2) is 28.3 Å². The summed E-state index contributed by atoms with van der Waals surface area (Å²) in [5.41, 5.74) is 3.73. The van der Waals surface area contributed by atoms with Crippen LogP contribution in [0.5, 0.6) is 0 Å². The Balaban J connectivity index is 0.00000100. The number of ether oxygens (including phenoxy) is 1. The van der Waals surface area contributed by atoms with Gasteiger partial charge in [0, 0.05) is 12.0 Å². The second kappa shape index (κ2) is 8.08. The monoisotopic (exact) mass is 329 g/mol. The molecule has 1 N–H and O–H groups in total. The first-order valence-corrected chi connectivity index (χ1v) is 8.78. The average molecular weight is 329 g/mol. The first kappa shape index (κ1) is 18.2. The van der Waals surface area contributed by atoms with Gasteiger partial charge in [-0.3, -0.25) is 5.10 Å². The lowest BCUT2D eigenvalue weighted by atomic mass is 9.77. The molecule has 0 radical (unpaired) electrons. The number of aromatic nitrogens is 3. The van der Waals surface area contributed by atoms with Gasteiger partial charge in [-0.05, 0) is 42.9 Å². The van der Waals surface area contributed by atoms with E-state index >= 15 is 0 Å². The molecule has 1 saturated carbocycles. The van der Waals surface area contributed by atoms with E-state index in [2.05, 4.69) is 21.2 Å². The van der Waals surface area contributed by atoms with E-state index < -0.39 is 0 Å². The highest BCUT2D eigenvalue weighted by Gasteiger charge is 2.26. The molecule has 130 valence electrons. The smallest absolute Gasteiger partial charge is 0.338 e. The molecule has 0 amide bonds. The Morgan fingerprint density at radius 1 is 1.33 bits per heavy atom. The average Bonchev–Trinajstić information content (AvgIpc) is 3.03. The van der Waals surface area contributed by atoms with Crippen molar-refractivity contribution in [3.63, 3.8) is 0 Å². The van der Waals surface area contributed by atoms with Gasteiger partial charge in [0.15, 0.2) is 5.82 Å². The number of aromatic amines is 1. The molecule has 3 rings (SSSR count). The van der Waals surface area contributed by atoms with E-state index in [9.17, 15) is 4.79 Å². The van der Waals surface area contributed by atoms with Crippen molar-refractivity contribution in [2.45, 2.75) is 59.3 Å². The molecule has 1 heterocycles. The van der Waals surface area contributed by atoms with Crippen LogP contribution < -0.4 is 0 Å². The van der Waals surface area contributed by atoms with Gasteiger partial charge in [0.1, 0.15) is 5.82 Å². The Bertz CT molecular complexity index is 703. The summed E-state index contributed by atoms with van der Waals surface area (Å²) in [6.45, 7) is 7.99. The fourth-order valence-electron chi connectivity index (χ4n) is 2.88. The maximum absolute atomic E-state index is 12.0. The van der Waals surface area contributed by atoms with Crippen LogP contribution in [0.3, 0.4) is 0 Å². The number of nitrogens with zero attached hydrogens (tertiary/aromatic N) is 2. The Labute approximate surface area is 143 Å². The van der Waals surface area contributed by atoms with Crippen LogP contribution >= 0.6 is 0 Å². The summed E-state index contributed by atoms with van der Waals surface area (Å²) in [5, 5.41) is 7.28. The normalized spacial score (nSPS) is 13.7. The van der Waals surface area contributed by atoms with Gasteiger partial charge in [-0.25, -0.2) is 9.78 Å². The number of aryl methyl sites for hydroxylation is 2. The molecule has 1 fully saturated rings. The minimum Gasteiger partial charge on any atom is -0.465 e. The first-order valence-electron chi connectivity index (χ1n) is 8.78. The second-order valence-electron chi connectivity index (χ2n) is 5.83. The van der Waals surface area contributed by atoms with Crippen molar-refractivity contribution in [2.24, 2.45) is 0 Å². The molecule has 5 nitrogen and oxygen atoms in total. The number of hydrogen-bond acceptors (Lipinski definition) is 4. The number of rotatable bonds is 4. The van der Waals surface area contributed by atoms with Crippen LogP contribution in [0.1, 0.15) is 73.3 Å². The predicted molar refractivity (Wildman–Crippen MR) is 95.2 cm³/mol. The topological polar surface area (TPSA) is 67.9 Å². The minimum atomic E-state index is -0.315. The molecular formula is C19H27N3O2. The zero-order chi connectivity index (χ0) is 17.7. The molecule has 1 aromatic heterocycles. The molecule has 0 spiro atoms. The second-order valence-corrected chi connectivity index (χ2v) is 5.83. The van der Waals surface area contributed by atoms with Crippen molar-refractivity contribution in [2.75, 3.05) is 7.11 Å². The predicted octanol–water partition coefficient (Wildman–Crippen LogP) is 4.42. The zero-order valence-electron chi connectivity index (χ0n) is 15.3. The summed E-state index contributed by atoms with van der Waals surface area (Å²) < 4.78 is 4.89. The lowest BCUT2D eigenvalue weighted by Crippen LogP contribution is -2.13. The summed E-state index contributed by atoms with van der Waals surface area (Å²) >= 11 is 0. The van der Waals surface area contributed by atoms with E-state index in [-0.39, 0.29) is 5.97 Å². The first-order chi connectivity index (χ1) is 11.6. The molecule has 0 aliphatic heterocycles. The van der Waals surface area contributed by atoms with Crippen molar-refractivity contribution >= 4 is 5.97 Å². The van der Waals surface area contributed by atoms with Gasteiger partial charge < -0.3 is 4.74 Å². The minimum absolute atomic E-state index is 0.315. The van der Waals surface area contributed by atoms with Crippen LogP contribution in [0.25, 0.3) is 11.4 Å². The summed E-state index contributed by atoms with van der Waals surface area (Å²) in [5.74, 6) is 1.76. The fraction of sp³-hybridized carbons (Fsp3) is 0.526. The summed E-state index contributed by atoms with van der Waals surface area (Å²) in [7, 11) is 1.41. The molecule has 0 bridgehead atoms. The molecule has 0 unspecified atom stereocenters. The number of carbonyl (C=O) groups excluding carboxylic acids is 1. The van der Waals surface area contributed by atoms with Crippen LogP contribution in [0, 0.1) is 6.92 Å². The van der Waals surface area contributed by atoms with Crippen LogP contribution in [0.4, 0.5) is 0 Å². The van der Waals surface area contributed by atoms with Gasteiger partial charge in [0.25, 0.3) is 0 Å². The Morgan fingerprint density at radius 3 is 2.54 bits per heavy atom. The molecule has 5 heteroatoms. The van der Waals surface area contributed by atoms with E-state index in [4.69, 9.17) is 4.74 Å². The number of hydrogen-bond donors (Lipinski definition) is 1. The highest BCUT2D eigenvalue weighted by atomic mass is 16.5.